The maximum atomic E-state index is 5.54. The predicted molar refractivity (Wildman–Crippen MR) is 64.1 cm³/mol. The summed E-state index contributed by atoms with van der Waals surface area (Å²) in [6, 6.07) is 11.2. The lowest BCUT2D eigenvalue weighted by atomic mass is 10.3. The van der Waals surface area contributed by atoms with E-state index in [4.69, 9.17) is 9.47 Å². The van der Waals surface area contributed by atoms with E-state index in [9.17, 15) is 0 Å². The molecule has 0 unspecified atom stereocenters. The Morgan fingerprint density at radius 3 is 2.53 bits per heavy atom. The van der Waals surface area contributed by atoms with E-state index in [0.29, 0.717) is 18.4 Å². The highest BCUT2D eigenvalue weighted by Gasteiger charge is 2.00. The summed E-state index contributed by atoms with van der Waals surface area (Å²) in [4.78, 5) is 8.50. The summed E-state index contributed by atoms with van der Waals surface area (Å²) in [7, 11) is 1.59. The Kier molecular flexibility index (Phi) is 3.55. The van der Waals surface area contributed by atoms with Crippen LogP contribution >= 0.6 is 0 Å². The molecule has 0 aliphatic rings. The molecule has 4 heteroatoms. The van der Waals surface area contributed by atoms with Crippen molar-refractivity contribution in [3.05, 3.63) is 47.8 Å². The van der Waals surface area contributed by atoms with Gasteiger partial charge < -0.3 is 9.47 Å². The Morgan fingerprint density at radius 1 is 1.00 bits per heavy atom. The maximum Gasteiger partial charge on any atom is 0.213 e. The number of ether oxygens (including phenoxy) is 2. The first kappa shape index (κ1) is 11.4. The van der Waals surface area contributed by atoms with E-state index in [1.165, 1.54) is 0 Å². The molecule has 0 bridgehead atoms. The number of methoxy groups -OCH3 is 1. The summed E-state index contributed by atoms with van der Waals surface area (Å²) >= 11 is 0. The minimum atomic E-state index is 0.383. The predicted octanol–water partition coefficient (Wildman–Crippen LogP) is 2.37. The Labute approximate surface area is 100 Å². The SMILES string of the molecule is COc1cccc(COc2cccc(C)n2)n1. The Balaban J connectivity index is 2.02. The second kappa shape index (κ2) is 5.30. The van der Waals surface area contributed by atoms with Crippen LogP contribution < -0.4 is 9.47 Å². The zero-order chi connectivity index (χ0) is 12.1. The molecule has 0 saturated carbocycles. The van der Waals surface area contributed by atoms with Gasteiger partial charge in [-0.15, -0.1) is 0 Å². The van der Waals surface area contributed by atoms with Gasteiger partial charge in [0, 0.05) is 17.8 Å². The number of aromatic nitrogens is 2. The molecule has 0 N–H and O–H groups in total. The Bertz CT molecular complexity index is 500. The quantitative estimate of drug-likeness (QED) is 0.808. The molecule has 0 spiro atoms. The molecule has 2 rings (SSSR count). The monoisotopic (exact) mass is 230 g/mol. The Morgan fingerprint density at radius 2 is 1.76 bits per heavy atom. The van der Waals surface area contributed by atoms with Crippen LogP contribution in [-0.4, -0.2) is 17.1 Å². The van der Waals surface area contributed by atoms with Crippen LogP contribution in [0.1, 0.15) is 11.4 Å². The molecule has 4 nitrogen and oxygen atoms in total. The fraction of sp³-hybridized carbons (Fsp3) is 0.231. The smallest absolute Gasteiger partial charge is 0.213 e. The molecule has 0 aliphatic heterocycles. The van der Waals surface area contributed by atoms with Crippen molar-refractivity contribution in [3.8, 4) is 11.8 Å². The van der Waals surface area contributed by atoms with Crippen molar-refractivity contribution in [1.29, 1.82) is 0 Å². The molecule has 0 amide bonds. The van der Waals surface area contributed by atoms with Gasteiger partial charge in [-0.2, -0.15) is 0 Å². The molecule has 2 aromatic rings. The van der Waals surface area contributed by atoms with Crippen LogP contribution in [0.3, 0.4) is 0 Å². The average Bonchev–Trinajstić information content (AvgIpc) is 2.37. The lowest BCUT2D eigenvalue weighted by Crippen LogP contribution is -2.01. The molecular weight excluding hydrogens is 216 g/mol. The van der Waals surface area contributed by atoms with E-state index < -0.39 is 0 Å². The van der Waals surface area contributed by atoms with Gasteiger partial charge in [0.1, 0.15) is 6.61 Å². The third kappa shape index (κ3) is 3.17. The van der Waals surface area contributed by atoms with Crippen LogP contribution in [0.2, 0.25) is 0 Å². The average molecular weight is 230 g/mol. The topological polar surface area (TPSA) is 44.2 Å². The zero-order valence-corrected chi connectivity index (χ0v) is 9.88. The standard InChI is InChI=1S/C13H14N2O2/c1-10-5-3-8-13(14-10)17-9-11-6-4-7-12(15-11)16-2/h3-8H,9H2,1-2H3. The summed E-state index contributed by atoms with van der Waals surface area (Å²) in [6.45, 7) is 2.31. The van der Waals surface area contributed by atoms with E-state index >= 15 is 0 Å². The van der Waals surface area contributed by atoms with Crippen molar-refractivity contribution >= 4 is 0 Å². The summed E-state index contributed by atoms with van der Waals surface area (Å²) in [5, 5.41) is 0. The van der Waals surface area contributed by atoms with E-state index in [2.05, 4.69) is 9.97 Å². The van der Waals surface area contributed by atoms with Gasteiger partial charge >= 0.3 is 0 Å². The van der Waals surface area contributed by atoms with Crippen molar-refractivity contribution in [3.63, 3.8) is 0 Å². The van der Waals surface area contributed by atoms with Crippen LogP contribution in [0.5, 0.6) is 11.8 Å². The van der Waals surface area contributed by atoms with E-state index in [-0.39, 0.29) is 0 Å². The summed E-state index contributed by atoms with van der Waals surface area (Å²) in [6.07, 6.45) is 0. The molecule has 2 aromatic heterocycles. The third-order valence-corrected chi connectivity index (χ3v) is 2.22. The van der Waals surface area contributed by atoms with Crippen molar-refractivity contribution in [2.45, 2.75) is 13.5 Å². The van der Waals surface area contributed by atoms with Gasteiger partial charge in [0.25, 0.3) is 0 Å². The van der Waals surface area contributed by atoms with Crippen LogP contribution in [0.4, 0.5) is 0 Å². The molecule has 0 aliphatic carbocycles. The fourth-order valence-electron chi connectivity index (χ4n) is 1.40. The lowest BCUT2D eigenvalue weighted by molar-refractivity contribution is 0.286. The third-order valence-electron chi connectivity index (χ3n) is 2.22. The minimum absolute atomic E-state index is 0.383. The number of hydrogen-bond acceptors (Lipinski definition) is 4. The number of aryl methyl sites for hydroxylation is 1. The van der Waals surface area contributed by atoms with Crippen molar-refractivity contribution in [2.75, 3.05) is 7.11 Å². The summed E-state index contributed by atoms with van der Waals surface area (Å²) in [5.74, 6) is 1.19. The summed E-state index contributed by atoms with van der Waals surface area (Å²) in [5.41, 5.74) is 1.74. The van der Waals surface area contributed by atoms with E-state index in [1.54, 1.807) is 13.2 Å². The molecule has 0 atom stereocenters. The molecule has 0 saturated heterocycles. The maximum absolute atomic E-state index is 5.54. The van der Waals surface area contributed by atoms with Crippen molar-refractivity contribution in [2.24, 2.45) is 0 Å². The van der Waals surface area contributed by atoms with Gasteiger partial charge in [0.15, 0.2) is 0 Å². The van der Waals surface area contributed by atoms with Gasteiger partial charge in [-0.25, -0.2) is 9.97 Å². The van der Waals surface area contributed by atoms with E-state index in [0.717, 1.165) is 11.4 Å². The number of pyridine rings is 2. The van der Waals surface area contributed by atoms with Crippen LogP contribution in [0.25, 0.3) is 0 Å². The Hall–Kier alpha value is -2.10. The number of hydrogen-bond donors (Lipinski definition) is 0. The second-order valence-corrected chi connectivity index (χ2v) is 3.58. The van der Waals surface area contributed by atoms with Gasteiger partial charge in [-0.1, -0.05) is 12.1 Å². The highest BCUT2D eigenvalue weighted by molar-refractivity contribution is 5.17. The largest absolute Gasteiger partial charge is 0.481 e. The van der Waals surface area contributed by atoms with Crippen LogP contribution in [0.15, 0.2) is 36.4 Å². The first-order valence-corrected chi connectivity index (χ1v) is 5.34. The first-order chi connectivity index (χ1) is 8.28. The van der Waals surface area contributed by atoms with Gasteiger partial charge in [0.05, 0.1) is 12.8 Å². The fourth-order valence-corrected chi connectivity index (χ4v) is 1.40. The highest BCUT2D eigenvalue weighted by Crippen LogP contribution is 2.11. The normalized spacial score (nSPS) is 10.0. The van der Waals surface area contributed by atoms with Gasteiger partial charge in [0.2, 0.25) is 11.8 Å². The first-order valence-electron chi connectivity index (χ1n) is 5.34. The van der Waals surface area contributed by atoms with Crippen molar-refractivity contribution in [1.82, 2.24) is 9.97 Å². The number of nitrogens with zero attached hydrogens (tertiary/aromatic N) is 2. The highest BCUT2D eigenvalue weighted by atomic mass is 16.5. The minimum Gasteiger partial charge on any atom is -0.481 e. The molecule has 0 aromatic carbocycles. The molecular formula is C13H14N2O2. The summed E-state index contributed by atoms with van der Waals surface area (Å²) < 4.78 is 10.6. The molecule has 88 valence electrons. The number of rotatable bonds is 4. The van der Waals surface area contributed by atoms with Gasteiger partial charge in [-0.3, -0.25) is 0 Å². The molecule has 0 fully saturated rings. The molecule has 2 heterocycles. The van der Waals surface area contributed by atoms with Crippen LogP contribution in [-0.2, 0) is 6.61 Å². The van der Waals surface area contributed by atoms with Crippen LogP contribution in [0, 0.1) is 6.92 Å². The second-order valence-electron chi connectivity index (χ2n) is 3.58. The lowest BCUT2D eigenvalue weighted by Gasteiger charge is -2.06. The van der Waals surface area contributed by atoms with Gasteiger partial charge in [-0.05, 0) is 19.1 Å². The molecule has 17 heavy (non-hydrogen) atoms. The molecule has 0 radical (unpaired) electrons. The van der Waals surface area contributed by atoms with Crippen molar-refractivity contribution < 1.29 is 9.47 Å². The van der Waals surface area contributed by atoms with E-state index in [1.807, 2.05) is 37.3 Å². The zero-order valence-electron chi connectivity index (χ0n) is 9.88.